The van der Waals surface area contributed by atoms with Crippen LogP contribution in [0.3, 0.4) is 0 Å². The number of rotatable bonds is 12. The Kier molecular flexibility index (Phi) is 15.1. The number of benzene rings is 1. The Morgan fingerprint density at radius 1 is 0.594 bits per heavy atom. The van der Waals surface area contributed by atoms with Gasteiger partial charge < -0.3 is 5.11 Å². The van der Waals surface area contributed by atoms with Gasteiger partial charge in [-0.3, -0.25) is 0 Å². The van der Waals surface area contributed by atoms with Crippen molar-refractivity contribution in [1.82, 2.24) is 0 Å². The quantitative estimate of drug-likeness (QED) is 0.282. The van der Waals surface area contributed by atoms with E-state index in [1.165, 1.54) is 51.4 Å². The molecular weight excluding hydrogens is 407 g/mol. The van der Waals surface area contributed by atoms with Crippen LogP contribution in [-0.2, 0) is 10.8 Å². The SMILES string of the molecule is CC(C)(C)c1cccc(C(C)(C)C)c1[O-].CCCC[P+](CCCC)(CCCC)CCCC. The molecule has 1 aromatic carbocycles. The molecule has 0 aromatic heterocycles. The monoisotopic (exact) mass is 464 g/mol. The molecule has 0 aliphatic rings. The van der Waals surface area contributed by atoms with Crippen LogP contribution in [-0.4, -0.2) is 24.6 Å². The highest BCUT2D eigenvalue weighted by Gasteiger charge is 2.34. The highest BCUT2D eigenvalue weighted by atomic mass is 31.2. The topological polar surface area (TPSA) is 23.1 Å². The molecule has 2 heteroatoms. The molecule has 0 aliphatic heterocycles. The molecule has 1 nitrogen and oxygen atoms in total. The van der Waals surface area contributed by atoms with Gasteiger partial charge in [-0.15, -0.1) is 5.75 Å². The molecule has 0 bridgehead atoms. The van der Waals surface area contributed by atoms with Crippen molar-refractivity contribution in [1.29, 1.82) is 0 Å². The summed E-state index contributed by atoms with van der Waals surface area (Å²) in [6.45, 7) is 21.9. The lowest BCUT2D eigenvalue weighted by molar-refractivity contribution is -0.271. The van der Waals surface area contributed by atoms with Gasteiger partial charge in [0.1, 0.15) is 0 Å². The highest BCUT2D eigenvalue weighted by Crippen LogP contribution is 2.61. The van der Waals surface area contributed by atoms with Crippen molar-refractivity contribution in [2.45, 2.75) is 131 Å². The Balaban J connectivity index is 0.000000604. The minimum absolute atomic E-state index is 0.0711. The van der Waals surface area contributed by atoms with Crippen molar-refractivity contribution in [2.75, 3.05) is 24.6 Å². The van der Waals surface area contributed by atoms with Gasteiger partial charge in [-0.25, -0.2) is 0 Å². The van der Waals surface area contributed by atoms with Crippen LogP contribution in [0, 0.1) is 0 Å². The molecule has 0 amide bonds. The van der Waals surface area contributed by atoms with Gasteiger partial charge in [-0.2, -0.15) is 0 Å². The van der Waals surface area contributed by atoms with Crippen molar-refractivity contribution in [2.24, 2.45) is 0 Å². The van der Waals surface area contributed by atoms with E-state index in [4.69, 9.17) is 0 Å². The van der Waals surface area contributed by atoms with Crippen LogP contribution >= 0.6 is 7.26 Å². The van der Waals surface area contributed by atoms with Gasteiger partial charge in [0.05, 0.1) is 24.6 Å². The van der Waals surface area contributed by atoms with Gasteiger partial charge in [0.15, 0.2) is 0 Å². The predicted octanol–water partition coefficient (Wildman–Crippen LogP) is 9.56. The smallest absolute Gasteiger partial charge is 0.0594 e. The van der Waals surface area contributed by atoms with E-state index >= 15 is 0 Å². The summed E-state index contributed by atoms with van der Waals surface area (Å²) in [6.07, 6.45) is 17.9. The molecule has 0 fully saturated rings. The molecule has 0 radical (unpaired) electrons. The number of unbranched alkanes of at least 4 members (excludes halogenated alkanes) is 4. The highest BCUT2D eigenvalue weighted by molar-refractivity contribution is 7.75. The second-order valence-electron chi connectivity index (χ2n) is 11.8. The molecule has 1 rings (SSSR count). The van der Waals surface area contributed by atoms with Gasteiger partial charge in [-0.1, -0.05) is 124 Å². The minimum Gasteiger partial charge on any atom is -0.872 e. The third-order valence-electron chi connectivity index (χ3n) is 6.58. The van der Waals surface area contributed by atoms with E-state index in [0.717, 1.165) is 11.1 Å². The fraction of sp³-hybridized carbons (Fsp3) is 0.800. The Morgan fingerprint density at radius 2 is 0.875 bits per heavy atom. The molecule has 0 atom stereocenters. The Morgan fingerprint density at radius 3 is 1.09 bits per heavy atom. The van der Waals surface area contributed by atoms with Crippen molar-refractivity contribution < 1.29 is 5.11 Å². The summed E-state index contributed by atoms with van der Waals surface area (Å²) in [6, 6.07) is 5.87. The van der Waals surface area contributed by atoms with Crippen LogP contribution in [0.1, 0.15) is 132 Å². The van der Waals surface area contributed by atoms with E-state index in [9.17, 15) is 5.11 Å². The van der Waals surface area contributed by atoms with Crippen LogP contribution in [0.25, 0.3) is 0 Å². The van der Waals surface area contributed by atoms with Crippen molar-refractivity contribution >= 4 is 7.26 Å². The van der Waals surface area contributed by atoms with Crippen LogP contribution in [0.15, 0.2) is 18.2 Å². The Bertz CT molecular complexity index is 536. The predicted molar refractivity (Wildman–Crippen MR) is 149 cm³/mol. The largest absolute Gasteiger partial charge is 0.872 e. The molecule has 1 aromatic rings. The van der Waals surface area contributed by atoms with E-state index in [0.29, 0.717) is 0 Å². The zero-order valence-electron chi connectivity index (χ0n) is 23.6. The molecule has 32 heavy (non-hydrogen) atoms. The first-order chi connectivity index (χ1) is 14.9. The fourth-order valence-corrected chi connectivity index (χ4v) is 9.65. The third-order valence-corrected chi connectivity index (χ3v) is 11.6. The molecule has 0 saturated carbocycles. The van der Waals surface area contributed by atoms with Crippen molar-refractivity contribution in [3.05, 3.63) is 29.3 Å². The number of hydrogen-bond acceptors (Lipinski definition) is 1. The van der Waals surface area contributed by atoms with Gasteiger partial charge in [0.2, 0.25) is 0 Å². The summed E-state index contributed by atoms with van der Waals surface area (Å²) in [5.41, 5.74) is 1.68. The molecule has 188 valence electrons. The van der Waals surface area contributed by atoms with Gasteiger partial charge in [0.25, 0.3) is 0 Å². The molecule has 0 unspecified atom stereocenters. The summed E-state index contributed by atoms with van der Waals surface area (Å²) >= 11 is 0. The van der Waals surface area contributed by atoms with Crippen LogP contribution in [0.2, 0.25) is 0 Å². The summed E-state index contributed by atoms with van der Waals surface area (Å²) in [5.74, 6) is 0.206. The lowest BCUT2D eigenvalue weighted by Crippen LogP contribution is -2.20. The first-order valence-electron chi connectivity index (χ1n) is 13.5. The third kappa shape index (κ3) is 11.5. The van der Waals surface area contributed by atoms with E-state index in [-0.39, 0.29) is 16.6 Å². The zero-order chi connectivity index (χ0) is 24.8. The summed E-state index contributed by atoms with van der Waals surface area (Å²) in [5, 5.41) is 12.3. The molecule has 0 heterocycles. The summed E-state index contributed by atoms with van der Waals surface area (Å²) in [7, 11) is -0.562. The summed E-state index contributed by atoms with van der Waals surface area (Å²) in [4.78, 5) is 0. The Hall–Kier alpha value is -0.550. The van der Waals surface area contributed by atoms with Crippen LogP contribution < -0.4 is 5.11 Å². The minimum atomic E-state index is -0.562. The maximum Gasteiger partial charge on any atom is 0.0594 e. The molecule has 0 aliphatic carbocycles. The lowest BCUT2D eigenvalue weighted by Gasteiger charge is -2.32. The number of para-hydroxylation sites is 1. The molecule has 0 N–H and O–H groups in total. The maximum absolute atomic E-state index is 12.3. The Labute approximate surface area is 203 Å². The molecular formula is C30H57OP. The van der Waals surface area contributed by atoms with Gasteiger partial charge in [-0.05, 0) is 36.5 Å². The summed E-state index contributed by atoms with van der Waals surface area (Å²) < 4.78 is 0. The van der Waals surface area contributed by atoms with Crippen LogP contribution in [0.5, 0.6) is 5.75 Å². The van der Waals surface area contributed by atoms with E-state index in [1.54, 1.807) is 24.6 Å². The van der Waals surface area contributed by atoms with Gasteiger partial charge >= 0.3 is 0 Å². The average Bonchev–Trinajstić information content (AvgIpc) is 2.71. The van der Waals surface area contributed by atoms with Crippen molar-refractivity contribution in [3.8, 4) is 5.75 Å². The second-order valence-corrected chi connectivity index (χ2v) is 16.3. The second kappa shape index (κ2) is 15.4. The number of hydrogen-bond donors (Lipinski definition) is 0. The first-order valence-corrected chi connectivity index (χ1v) is 16.1. The van der Waals surface area contributed by atoms with Crippen molar-refractivity contribution in [3.63, 3.8) is 0 Å². The standard InChI is InChI=1S/C16H36P.C14H22O/c1-5-9-13-17(14-10-6-2,15-11-7-3)16-12-8-4;1-13(2,3)10-8-7-9-11(12(10)15)14(4,5)6/h5-16H2,1-4H3;7-9,15H,1-6H3/q+1;/p-1. The first kappa shape index (κ1) is 31.4. The zero-order valence-corrected chi connectivity index (χ0v) is 24.5. The molecule has 0 saturated heterocycles. The van der Waals surface area contributed by atoms with E-state index < -0.39 is 7.26 Å². The van der Waals surface area contributed by atoms with E-state index in [1.807, 2.05) is 18.2 Å². The fourth-order valence-electron chi connectivity index (χ4n) is 4.36. The van der Waals surface area contributed by atoms with Crippen LogP contribution in [0.4, 0.5) is 0 Å². The maximum atomic E-state index is 12.3. The van der Waals surface area contributed by atoms with Gasteiger partial charge in [0, 0.05) is 7.26 Å². The lowest BCUT2D eigenvalue weighted by atomic mass is 9.80. The van der Waals surface area contributed by atoms with E-state index in [2.05, 4.69) is 69.2 Å². The molecule has 0 spiro atoms. The average molecular weight is 465 g/mol. The normalized spacial score (nSPS) is 12.4.